The number of carbonyl (C=O) groups is 1. The van der Waals surface area contributed by atoms with E-state index in [0.717, 1.165) is 6.07 Å². The van der Waals surface area contributed by atoms with Crippen LogP contribution in [-0.2, 0) is 9.31 Å². The standard InChI is InChI=1S/C16H20BFO4S/c1-15(2)16(3,4)22-17(21-15)12(9-23)7-10-5-6-11(14(19)20)8-13(10)18/h5-8,23H,9H2,1-4H3,(H,19,20). The lowest BCUT2D eigenvalue weighted by atomic mass is 9.78. The smallest absolute Gasteiger partial charge is 0.478 e. The molecular formula is C16H20BFO4S. The quantitative estimate of drug-likeness (QED) is 0.652. The molecule has 23 heavy (non-hydrogen) atoms. The third kappa shape index (κ3) is 3.62. The zero-order valence-electron chi connectivity index (χ0n) is 13.6. The van der Waals surface area contributed by atoms with Gasteiger partial charge in [0.15, 0.2) is 0 Å². The summed E-state index contributed by atoms with van der Waals surface area (Å²) in [5.74, 6) is -1.45. The van der Waals surface area contributed by atoms with Crippen LogP contribution in [0.2, 0.25) is 0 Å². The number of thiol groups is 1. The van der Waals surface area contributed by atoms with Crippen LogP contribution in [0.25, 0.3) is 6.08 Å². The molecule has 1 heterocycles. The number of carboxylic acids is 1. The minimum absolute atomic E-state index is 0.0947. The fraction of sp³-hybridized carbons (Fsp3) is 0.438. The van der Waals surface area contributed by atoms with Crippen molar-refractivity contribution in [1.29, 1.82) is 0 Å². The van der Waals surface area contributed by atoms with Gasteiger partial charge in [0.2, 0.25) is 0 Å². The topological polar surface area (TPSA) is 55.8 Å². The number of aromatic carboxylic acids is 1. The van der Waals surface area contributed by atoms with Crippen LogP contribution in [0.15, 0.2) is 23.7 Å². The molecule has 1 aromatic carbocycles. The molecule has 0 radical (unpaired) electrons. The van der Waals surface area contributed by atoms with E-state index in [1.807, 2.05) is 27.7 Å². The molecule has 1 fully saturated rings. The Labute approximate surface area is 141 Å². The van der Waals surface area contributed by atoms with Crippen molar-refractivity contribution in [2.24, 2.45) is 0 Å². The molecule has 0 bridgehead atoms. The molecule has 0 amide bonds. The van der Waals surface area contributed by atoms with Gasteiger partial charge in [-0.05, 0) is 45.3 Å². The van der Waals surface area contributed by atoms with Crippen LogP contribution in [0.1, 0.15) is 43.6 Å². The zero-order chi connectivity index (χ0) is 17.4. The summed E-state index contributed by atoms with van der Waals surface area (Å²) in [6.07, 6.45) is 1.59. The lowest BCUT2D eigenvalue weighted by Gasteiger charge is -2.32. The second-order valence-corrected chi connectivity index (χ2v) is 6.82. The highest BCUT2D eigenvalue weighted by Crippen LogP contribution is 2.39. The van der Waals surface area contributed by atoms with Crippen LogP contribution in [0.5, 0.6) is 0 Å². The monoisotopic (exact) mass is 338 g/mol. The predicted octanol–water partition coefficient (Wildman–Crippen LogP) is 3.47. The summed E-state index contributed by atoms with van der Waals surface area (Å²) in [5.41, 5.74) is -0.137. The molecule has 124 valence electrons. The Hall–Kier alpha value is -1.31. The fourth-order valence-electron chi connectivity index (χ4n) is 2.16. The maximum Gasteiger partial charge on any atom is 0.491 e. The molecule has 0 aliphatic carbocycles. The highest BCUT2D eigenvalue weighted by atomic mass is 32.1. The Morgan fingerprint density at radius 1 is 1.30 bits per heavy atom. The van der Waals surface area contributed by atoms with Crippen molar-refractivity contribution in [2.45, 2.75) is 38.9 Å². The SMILES string of the molecule is CC1(C)OB(C(=Cc2ccc(C(=O)O)cc2F)CS)OC1(C)C. The Morgan fingerprint density at radius 3 is 2.30 bits per heavy atom. The Bertz CT molecular complexity index is 641. The van der Waals surface area contributed by atoms with Crippen molar-refractivity contribution in [3.63, 3.8) is 0 Å². The van der Waals surface area contributed by atoms with Gasteiger partial charge in [-0.15, -0.1) is 0 Å². The number of hydrogen-bond donors (Lipinski definition) is 2. The number of hydrogen-bond acceptors (Lipinski definition) is 4. The van der Waals surface area contributed by atoms with Crippen LogP contribution in [0.4, 0.5) is 4.39 Å². The van der Waals surface area contributed by atoms with E-state index in [1.54, 1.807) is 6.08 Å². The van der Waals surface area contributed by atoms with Gasteiger partial charge in [-0.25, -0.2) is 9.18 Å². The first-order chi connectivity index (χ1) is 10.6. The first kappa shape index (κ1) is 18.0. The Morgan fingerprint density at radius 2 is 1.87 bits per heavy atom. The van der Waals surface area contributed by atoms with Gasteiger partial charge in [0.1, 0.15) is 5.82 Å². The normalized spacial score (nSPS) is 19.9. The summed E-state index contributed by atoms with van der Waals surface area (Å²) in [7, 11) is -0.615. The largest absolute Gasteiger partial charge is 0.491 e. The Balaban J connectivity index is 2.32. The summed E-state index contributed by atoms with van der Waals surface area (Å²) < 4.78 is 26.0. The average molecular weight is 338 g/mol. The van der Waals surface area contributed by atoms with Crippen LogP contribution in [0.3, 0.4) is 0 Å². The average Bonchev–Trinajstić information content (AvgIpc) is 2.65. The van der Waals surface area contributed by atoms with E-state index in [2.05, 4.69) is 12.6 Å². The molecule has 2 rings (SSSR count). The third-order valence-corrected chi connectivity index (χ3v) is 4.69. The molecule has 1 aromatic rings. The van der Waals surface area contributed by atoms with E-state index >= 15 is 0 Å². The lowest BCUT2D eigenvalue weighted by Crippen LogP contribution is -2.41. The molecule has 1 aliphatic rings. The lowest BCUT2D eigenvalue weighted by molar-refractivity contribution is 0.00578. The molecule has 1 saturated heterocycles. The zero-order valence-corrected chi connectivity index (χ0v) is 14.5. The van der Waals surface area contributed by atoms with E-state index in [4.69, 9.17) is 14.4 Å². The number of halogens is 1. The second-order valence-electron chi connectivity index (χ2n) is 6.51. The van der Waals surface area contributed by atoms with Crippen LogP contribution >= 0.6 is 12.6 Å². The van der Waals surface area contributed by atoms with Gasteiger partial charge in [-0.3, -0.25) is 0 Å². The van der Waals surface area contributed by atoms with Crippen molar-refractivity contribution in [2.75, 3.05) is 5.75 Å². The first-order valence-electron chi connectivity index (χ1n) is 7.27. The van der Waals surface area contributed by atoms with Gasteiger partial charge in [0.25, 0.3) is 0 Å². The van der Waals surface area contributed by atoms with Crippen molar-refractivity contribution in [1.82, 2.24) is 0 Å². The summed E-state index contributed by atoms with van der Waals surface area (Å²) >= 11 is 4.28. The third-order valence-electron chi connectivity index (χ3n) is 4.33. The van der Waals surface area contributed by atoms with Gasteiger partial charge < -0.3 is 14.4 Å². The summed E-state index contributed by atoms with van der Waals surface area (Å²) in [5, 5.41) is 8.88. The van der Waals surface area contributed by atoms with E-state index in [0.29, 0.717) is 11.2 Å². The predicted molar refractivity (Wildman–Crippen MR) is 91.3 cm³/mol. The minimum atomic E-state index is -1.17. The summed E-state index contributed by atoms with van der Waals surface area (Å²) in [4.78, 5) is 10.9. The van der Waals surface area contributed by atoms with E-state index in [-0.39, 0.29) is 11.1 Å². The molecule has 1 N–H and O–H groups in total. The molecular weight excluding hydrogens is 318 g/mol. The van der Waals surface area contributed by atoms with Crippen molar-refractivity contribution in [3.05, 3.63) is 40.6 Å². The molecule has 4 nitrogen and oxygen atoms in total. The maximum absolute atomic E-state index is 14.1. The molecule has 0 saturated carbocycles. The van der Waals surface area contributed by atoms with Crippen LogP contribution in [-0.4, -0.2) is 35.1 Å². The molecule has 0 atom stereocenters. The first-order valence-corrected chi connectivity index (χ1v) is 7.90. The van der Waals surface area contributed by atoms with Gasteiger partial charge in [-0.1, -0.05) is 12.1 Å². The van der Waals surface area contributed by atoms with E-state index < -0.39 is 30.1 Å². The molecule has 0 aromatic heterocycles. The van der Waals surface area contributed by atoms with Gasteiger partial charge >= 0.3 is 13.1 Å². The summed E-state index contributed by atoms with van der Waals surface area (Å²) in [6, 6.07) is 3.78. The molecule has 7 heteroatoms. The number of rotatable bonds is 4. The molecule has 0 unspecified atom stereocenters. The van der Waals surface area contributed by atoms with Crippen molar-refractivity contribution in [3.8, 4) is 0 Å². The minimum Gasteiger partial charge on any atom is -0.478 e. The highest BCUT2D eigenvalue weighted by Gasteiger charge is 2.52. The van der Waals surface area contributed by atoms with Crippen LogP contribution < -0.4 is 0 Å². The van der Waals surface area contributed by atoms with E-state index in [1.165, 1.54) is 12.1 Å². The number of carboxylic acid groups (broad SMARTS) is 1. The van der Waals surface area contributed by atoms with E-state index in [9.17, 15) is 9.18 Å². The van der Waals surface area contributed by atoms with Crippen molar-refractivity contribution < 1.29 is 23.6 Å². The van der Waals surface area contributed by atoms with Gasteiger partial charge in [-0.2, -0.15) is 12.6 Å². The summed E-state index contributed by atoms with van der Waals surface area (Å²) in [6.45, 7) is 7.74. The van der Waals surface area contributed by atoms with Crippen molar-refractivity contribution >= 4 is 31.8 Å². The molecule has 0 spiro atoms. The second kappa shape index (κ2) is 6.30. The fourth-order valence-corrected chi connectivity index (χ4v) is 2.40. The highest BCUT2D eigenvalue weighted by molar-refractivity contribution is 7.80. The number of benzene rings is 1. The Kier molecular flexibility index (Phi) is 4.94. The maximum atomic E-state index is 14.1. The van der Waals surface area contributed by atoms with Crippen LogP contribution in [0, 0.1) is 5.82 Å². The molecule has 1 aliphatic heterocycles. The van der Waals surface area contributed by atoms with Gasteiger partial charge in [0, 0.05) is 11.3 Å². The van der Waals surface area contributed by atoms with Gasteiger partial charge in [0.05, 0.1) is 16.8 Å².